The molecule has 4 rings (SSSR count). The predicted octanol–water partition coefficient (Wildman–Crippen LogP) is 3.97. The van der Waals surface area contributed by atoms with Crippen molar-refractivity contribution >= 4 is 27.6 Å². The maximum atomic E-state index is 14.3. The van der Waals surface area contributed by atoms with Gasteiger partial charge in [-0.15, -0.1) is 0 Å². The normalized spacial score (nSPS) is 14.8. The van der Waals surface area contributed by atoms with Crippen molar-refractivity contribution in [2.45, 2.75) is 24.8 Å². The van der Waals surface area contributed by atoms with E-state index in [1.807, 2.05) is 18.6 Å². The van der Waals surface area contributed by atoms with Crippen LogP contribution in [0.15, 0.2) is 53.6 Å². The summed E-state index contributed by atoms with van der Waals surface area (Å²) in [4.78, 5) is 22.1. The summed E-state index contributed by atoms with van der Waals surface area (Å²) in [6.45, 7) is 2.77. The maximum Gasteiger partial charge on any atom is 0.282 e. The SMILES string of the molecule is CC(C)COc1cc(F)cc(-c2ccc(C(=O)NS(=O)(=O)c3cccc(N)n3)c(N3CC(F)(F)C3)n2)c1.[HH].[HH]. The zero-order chi connectivity index (χ0) is 27.0. The largest absolute Gasteiger partial charge is 0.493 e. The Balaban J connectivity index is 0.00000267. The van der Waals surface area contributed by atoms with E-state index < -0.39 is 45.8 Å². The zero-order valence-electron chi connectivity index (χ0n) is 19.9. The lowest BCUT2D eigenvalue weighted by Crippen LogP contribution is -2.57. The molecule has 0 bridgehead atoms. The number of alkyl halides is 2. The highest BCUT2D eigenvalue weighted by atomic mass is 32.2. The predicted molar refractivity (Wildman–Crippen MR) is 135 cm³/mol. The first-order valence-corrected chi connectivity index (χ1v) is 12.7. The summed E-state index contributed by atoms with van der Waals surface area (Å²) in [6.07, 6.45) is 0. The minimum atomic E-state index is -4.42. The Hall–Kier alpha value is -3.87. The molecule has 3 N–H and O–H groups in total. The number of rotatable bonds is 8. The number of pyridine rings is 2. The molecule has 37 heavy (non-hydrogen) atoms. The molecule has 1 saturated heterocycles. The zero-order valence-corrected chi connectivity index (χ0v) is 20.7. The van der Waals surface area contributed by atoms with Crippen molar-refractivity contribution in [1.29, 1.82) is 0 Å². The van der Waals surface area contributed by atoms with Gasteiger partial charge < -0.3 is 15.4 Å². The number of benzene rings is 1. The van der Waals surface area contributed by atoms with Gasteiger partial charge in [0.2, 0.25) is 0 Å². The van der Waals surface area contributed by atoms with Crippen LogP contribution >= 0.6 is 0 Å². The van der Waals surface area contributed by atoms with Crippen LogP contribution < -0.4 is 20.1 Å². The van der Waals surface area contributed by atoms with E-state index in [-0.39, 0.29) is 43.0 Å². The lowest BCUT2D eigenvalue weighted by molar-refractivity contribution is -0.0267. The fourth-order valence-electron chi connectivity index (χ4n) is 3.56. The molecule has 0 atom stereocenters. The molecule has 200 valence electrons. The van der Waals surface area contributed by atoms with E-state index in [1.54, 1.807) is 0 Å². The van der Waals surface area contributed by atoms with E-state index in [0.29, 0.717) is 6.61 Å². The molecule has 1 aliphatic rings. The molecule has 3 aromatic rings. The average Bonchev–Trinajstić information content (AvgIpc) is 2.80. The molecule has 1 aromatic carbocycles. The summed E-state index contributed by atoms with van der Waals surface area (Å²) in [5.41, 5.74) is 5.73. The van der Waals surface area contributed by atoms with E-state index in [1.165, 1.54) is 42.5 Å². The smallest absolute Gasteiger partial charge is 0.282 e. The lowest BCUT2D eigenvalue weighted by Gasteiger charge is -2.40. The first-order valence-electron chi connectivity index (χ1n) is 11.2. The fraction of sp³-hybridized carbons (Fsp3) is 0.292. The number of nitrogen functional groups attached to an aromatic ring is 1. The molecule has 9 nitrogen and oxygen atoms in total. The second-order valence-electron chi connectivity index (χ2n) is 9.00. The van der Waals surface area contributed by atoms with Crippen LogP contribution in [0, 0.1) is 11.7 Å². The van der Waals surface area contributed by atoms with Gasteiger partial charge in [-0.3, -0.25) is 4.79 Å². The third-order valence-corrected chi connectivity index (χ3v) is 6.49. The molecule has 1 aliphatic heterocycles. The van der Waals surface area contributed by atoms with Gasteiger partial charge in [-0.05, 0) is 42.3 Å². The maximum absolute atomic E-state index is 14.3. The van der Waals surface area contributed by atoms with Crippen LogP contribution in [0.2, 0.25) is 0 Å². The number of nitrogens with zero attached hydrogens (tertiary/aromatic N) is 3. The highest BCUT2D eigenvalue weighted by molar-refractivity contribution is 7.90. The van der Waals surface area contributed by atoms with E-state index in [4.69, 9.17) is 10.5 Å². The first kappa shape index (κ1) is 26.2. The van der Waals surface area contributed by atoms with Crippen LogP contribution in [0.4, 0.5) is 24.8 Å². The van der Waals surface area contributed by atoms with Gasteiger partial charge in [-0.2, -0.15) is 8.42 Å². The standard InChI is InChI=1S/C24H24F3N5O4S.2H2/c1-14(2)11-36-17-9-15(8-16(25)10-17)19-7-6-18(22(29-19)32-12-24(26,27)13-32)23(33)31-37(34,35)21-5-3-4-20(28)30-21;;/h3-10,14H,11-13H2,1-2H3,(H2,28,30)(H,31,33);2*1H. The molecular weight excluding hydrogens is 511 g/mol. The highest BCUT2D eigenvalue weighted by Gasteiger charge is 2.45. The number of amides is 1. The van der Waals surface area contributed by atoms with Crippen molar-refractivity contribution in [3.8, 4) is 17.0 Å². The third-order valence-electron chi connectivity index (χ3n) is 5.26. The molecule has 1 fully saturated rings. The van der Waals surface area contributed by atoms with Gasteiger partial charge in [0.1, 0.15) is 23.2 Å². The quantitative estimate of drug-likeness (QED) is 0.440. The summed E-state index contributed by atoms with van der Waals surface area (Å²) < 4.78 is 74.4. The van der Waals surface area contributed by atoms with Crippen LogP contribution in [0.5, 0.6) is 5.75 Å². The Labute approximate surface area is 214 Å². The molecule has 0 spiro atoms. The van der Waals surface area contributed by atoms with Crippen molar-refractivity contribution in [2.24, 2.45) is 5.92 Å². The molecular formula is C24H28F3N5O4S. The molecule has 3 heterocycles. The number of hydrogen-bond donors (Lipinski definition) is 2. The van der Waals surface area contributed by atoms with Gasteiger partial charge in [-0.25, -0.2) is 27.9 Å². The van der Waals surface area contributed by atoms with Crippen molar-refractivity contribution in [3.63, 3.8) is 0 Å². The third kappa shape index (κ3) is 6.10. The Morgan fingerprint density at radius 2 is 1.92 bits per heavy atom. The van der Waals surface area contributed by atoms with Gasteiger partial charge in [0.15, 0.2) is 5.03 Å². The molecule has 13 heteroatoms. The van der Waals surface area contributed by atoms with Crippen LogP contribution in [0.1, 0.15) is 27.1 Å². The number of anilines is 2. The number of ether oxygens (including phenoxy) is 1. The van der Waals surface area contributed by atoms with Crippen molar-refractivity contribution in [1.82, 2.24) is 14.7 Å². The van der Waals surface area contributed by atoms with E-state index in [0.717, 1.165) is 11.0 Å². The Bertz CT molecular complexity index is 1450. The van der Waals surface area contributed by atoms with Crippen molar-refractivity contribution < 1.29 is 34.0 Å². The highest BCUT2D eigenvalue weighted by Crippen LogP contribution is 2.35. The number of carbonyl (C=O) groups is 1. The van der Waals surface area contributed by atoms with E-state index in [2.05, 4.69) is 9.97 Å². The van der Waals surface area contributed by atoms with Crippen LogP contribution in [0.3, 0.4) is 0 Å². The summed E-state index contributed by atoms with van der Waals surface area (Å²) >= 11 is 0. The van der Waals surface area contributed by atoms with Gasteiger partial charge in [0.25, 0.3) is 21.9 Å². The van der Waals surface area contributed by atoms with Gasteiger partial charge in [0.05, 0.1) is 31.0 Å². The van der Waals surface area contributed by atoms with Gasteiger partial charge in [-0.1, -0.05) is 19.9 Å². The summed E-state index contributed by atoms with van der Waals surface area (Å²) in [5, 5.41) is -0.490. The molecule has 0 aliphatic carbocycles. The second-order valence-corrected chi connectivity index (χ2v) is 10.6. The van der Waals surface area contributed by atoms with Crippen molar-refractivity contribution in [3.05, 3.63) is 59.9 Å². The number of halogens is 3. The lowest BCUT2D eigenvalue weighted by atomic mass is 10.1. The van der Waals surface area contributed by atoms with Crippen LogP contribution in [-0.4, -0.2) is 49.9 Å². The fourth-order valence-corrected chi connectivity index (χ4v) is 4.50. The minimum absolute atomic E-state index is 0. The Morgan fingerprint density at radius 3 is 2.57 bits per heavy atom. The van der Waals surface area contributed by atoms with Gasteiger partial charge in [0, 0.05) is 14.5 Å². The monoisotopic (exact) mass is 539 g/mol. The number of sulfonamides is 1. The topological polar surface area (TPSA) is 128 Å². The molecule has 0 unspecified atom stereocenters. The second kappa shape index (κ2) is 9.88. The van der Waals surface area contributed by atoms with Gasteiger partial charge >= 0.3 is 0 Å². The first-order chi connectivity index (χ1) is 17.3. The molecule has 2 aromatic heterocycles. The van der Waals surface area contributed by atoms with Crippen LogP contribution in [0.25, 0.3) is 11.3 Å². The summed E-state index contributed by atoms with van der Waals surface area (Å²) in [6, 6.07) is 10.4. The molecule has 0 radical (unpaired) electrons. The molecule has 1 amide bonds. The Kier molecular flexibility index (Phi) is 7.00. The number of hydrogen-bond acceptors (Lipinski definition) is 8. The minimum Gasteiger partial charge on any atom is -0.493 e. The number of aromatic nitrogens is 2. The van der Waals surface area contributed by atoms with E-state index >= 15 is 0 Å². The number of nitrogens with two attached hydrogens (primary N) is 1. The number of nitrogens with one attached hydrogen (secondary N) is 1. The molecule has 0 saturated carbocycles. The number of carbonyl (C=O) groups excluding carboxylic acids is 1. The average molecular weight is 540 g/mol. The Morgan fingerprint density at radius 1 is 1.19 bits per heavy atom. The van der Waals surface area contributed by atoms with Crippen molar-refractivity contribution in [2.75, 3.05) is 30.3 Å². The van der Waals surface area contributed by atoms with E-state index in [9.17, 15) is 26.4 Å². The summed E-state index contributed by atoms with van der Waals surface area (Å²) in [7, 11) is -4.42. The van der Waals surface area contributed by atoms with Crippen LogP contribution in [-0.2, 0) is 10.0 Å². The summed E-state index contributed by atoms with van der Waals surface area (Å²) in [5.74, 6) is -4.50.